The number of aliphatic hydroxyl groups is 1. The van der Waals surface area contributed by atoms with Gasteiger partial charge in [-0.3, -0.25) is 4.98 Å². The molecule has 1 N–H and O–H groups in total. The third-order valence-electron chi connectivity index (χ3n) is 3.44. The van der Waals surface area contributed by atoms with Crippen LogP contribution in [0.1, 0.15) is 25.7 Å². The molecule has 0 atom stereocenters. The molecule has 0 bridgehead atoms. The Morgan fingerprint density at radius 3 is 2.75 bits per heavy atom. The first-order chi connectivity index (χ1) is 7.75. The minimum absolute atomic E-state index is 0.0556. The molecular weight excluding hydrogens is 200 g/mol. The molecule has 0 radical (unpaired) electrons. The second-order valence-corrected chi connectivity index (χ2v) is 4.77. The molecule has 1 saturated carbocycles. The van der Waals surface area contributed by atoms with E-state index in [2.05, 4.69) is 23.0 Å². The smallest absolute Gasteiger partial charge is 0.0550 e. The van der Waals surface area contributed by atoms with Crippen molar-refractivity contribution in [2.75, 3.05) is 18.5 Å². The Kier molecular flexibility index (Phi) is 3.78. The summed E-state index contributed by atoms with van der Waals surface area (Å²) >= 11 is 0. The monoisotopic (exact) mass is 220 g/mol. The molecule has 0 saturated heterocycles. The van der Waals surface area contributed by atoms with E-state index in [9.17, 15) is 5.11 Å². The lowest BCUT2D eigenvalue weighted by Gasteiger charge is -2.30. The van der Waals surface area contributed by atoms with Crippen molar-refractivity contribution in [3.8, 4) is 0 Å². The number of hydrogen-bond acceptors (Lipinski definition) is 3. The maximum atomic E-state index is 9.45. The lowest BCUT2D eigenvalue weighted by atomic mass is 9.87. The summed E-state index contributed by atoms with van der Waals surface area (Å²) in [6.45, 7) is 1.07. The van der Waals surface area contributed by atoms with Crippen molar-refractivity contribution in [3.05, 3.63) is 24.5 Å². The number of anilines is 1. The molecule has 1 aromatic rings. The largest absolute Gasteiger partial charge is 0.393 e. The topological polar surface area (TPSA) is 36.4 Å². The van der Waals surface area contributed by atoms with Gasteiger partial charge in [0.15, 0.2) is 0 Å². The van der Waals surface area contributed by atoms with Crippen LogP contribution in [0, 0.1) is 5.92 Å². The maximum absolute atomic E-state index is 9.45. The van der Waals surface area contributed by atoms with Gasteiger partial charge in [0.25, 0.3) is 0 Å². The van der Waals surface area contributed by atoms with Crippen LogP contribution in [0.15, 0.2) is 24.5 Å². The van der Waals surface area contributed by atoms with Crippen molar-refractivity contribution in [2.24, 2.45) is 5.92 Å². The highest BCUT2D eigenvalue weighted by Gasteiger charge is 2.20. The van der Waals surface area contributed by atoms with Gasteiger partial charge in [-0.15, -0.1) is 0 Å². The standard InChI is InChI=1S/C13H20N2O/c1-15(12-3-2-8-14-9-12)10-11-4-6-13(16)7-5-11/h2-3,8-9,11,13,16H,4-7,10H2,1H3. The van der Waals surface area contributed by atoms with Crippen LogP contribution in [0.2, 0.25) is 0 Å². The molecule has 2 rings (SSSR count). The van der Waals surface area contributed by atoms with Crippen molar-refractivity contribution in [1.82, 2.24) is 4.98 Å². The molecule has 3 heteroatoms. The van der Waals surface area contributed by atoms with Gasteiger partial charge in [-0.1, -0.05) is 0 Å². The zero-order chi connectivity index (χ0) is 11.4. The molecule has 16 heavy (non-hydrogen) atoms. The van der Waals surface area contributed by atoms with Crippen molar-refractivity contribution >= 4 is 5.69 Å². The Hall–Kier alpha value is -1.09. The maximum Gasteiger partial charge on any atom is 0.0550 e. The zero-order valence-corrected chi connectivity index (χ0v) is 9.84. The van der Waals surface area contributed by atoms with Crippen LogP contribution in [-0.4, -0.2) is 29.8 Å². The van der Waals surface area contributed by atoms with Gasteiger partial charge in [-0.25, -0.2) is 0 Å². The number of nitrogens with zero attached hydrogens (tertiary/aromatic N) is 2. The van der Waals surface area contributed by atoms with Crippen LogP contribution >= 0.6 is 0 Å². The fourth-order valence-electron chi connectivity index (χ4n) is 2.40. The summed E-state index contributed by atoms with van der Waals surface area (Å²) in [5, 5.41) is 9.45. The fraction of sp³-hybridized carbons (Fsp3) is 0.615. The summed E-state index contributed by atoms with van der Waals surface area (Å²) in [5.41, 5.74) is 1.17. The molecule has 0 amide bonds. The molecule has 1 fully saturated rings. The van der Waals surface area contributed by atoms with Gasteiger partial charge in [0.05, 0.1) is 18.0 Å². The zero-order valence-electron chi connectivity index (χ0n) is 9.84. The predicted octanol–water partition coefficient (Wildman–Crippen LogP) is 2.07. The molecule has 0 spiro atoms. The van der Waals surface area contributed by atoms with Gasteiger partial charge in [-0.05, 0) is 43.7 Å². The summed E-state index contributed by atoms with van der Waals surface area (Å²) in [7, 11) is 2.11. The average Bonchev–Trinajstić information content (AvgIpc) is 2.33. The van der Waals surface area contributed by atoms with Crippen molar-refractivity contribution in [2.45, 2.75) is 31.8 Å². The van der Waals surface area contributed by atoms with E-state index in [-0.39, 0.29) is 6.10 Å². The number of aliphatic hydroxyl groups excluding tert-OH is 1. The summed E-state index contributed by atoms with van der Waals surface area (Å²) in [6, 6.07) is 4.06. The molecule has 0 aliphatic heterocycles. The van der Waals surface area contributed by atoms with Crippen LogP contribution in [-0.2, 0) is 0 Å². The molecule has 1 heterocycles. The van der Waals surface area contributed by atoms with E-state index in [1.165, 1.54) is 5.69 Å². The summed E-state index contributed by atoms with van der Waals surface area (Å²) < 4.78 is 0. The highest BCUT2D eigenvalue weighted by Crippen LogP contribution is 2.25. The van der Waals surface area contributed by atoms with Crippen LogP contribution in [0.3, 0.4) is 0 Å². The van der Waals surface area contributed by atoms with E-state index in [1.807, 2.05) is 12.3 Å². The van der Waals surface area contributed by atoms with Crippen molar-refractivity contribution < 1.29 is 5.11 Å². The van der Waals surface area contributed by atoms with Crippen LogP contribution < -0.4 is 4.90 Å². The first kappa shape index (κ1) is 11.4. The van der Waals surface area contributed by atoms with Gasteiger partial charge >= 0.3 is 0 Å². The second kappa shape index (κ2) is 5.30. The molecule has 3 nitrogen and oxygen atoms in total. The highest BCUT2D eigenvalue weighted by atomic mass is 16.3. The number of rotatable bonds is 3. The number of aromatic nitrogens is 1. The summed E-state index contributed by atoms with van der Waals surface area (Å²) in [6.07, 6.45) is 7.86. The first-order valence-electron chi connectivity index (χ1n) is 6.05. The number of pyridine rings is 1. The Balaban J connectivity index is 1.86. The van der Waals surface area contributed by atoms with E-state index >= 15 is 0 Å². The summed E-state index contributed by atoms with van der Waals surface area (Å²) in [4.78, 5) is 6.39. The van der Waals surface area contributed by atoms with Crippen molar-refractivity contribution in [3.63, 3.8) is 0 Å². The third-order valence-corrected chi connectivity index (χ3v) is 3.44. The van der Waals surface area contributed by atoms with Crippen molar-refractivity contribution in [1.29, 1.82) is 0 Å². The molecular formula is C13H20N2O. The second-order valence-electron chi connectivity index (χ2n) is 4.77. The average molecular weight is 220 g/mol. The van der Waals surface area contributed by atoms with Gasteiger partial charge in [0.2, 0.25) is 0 Å². The third kappa shape index (κ3) is 2.95. The minimum atomic E-state index is -0.0556. The van der Waals surface area contributed by atoms with E-state index < -0.39 is 0 Å². The summed E-state index contributed by atoms with van der Waals surface area (Å²) in [5.74, 6) is 0.716. The number of hydrogen-bond donors (Lipinski definition) is 1. The van der Waals surface area contributed by atoms with E-state index in [1.54, 1.807) is 6.20 Å². The lowest BCUT2D eigenvalue weighted by molar-refractivity contribution is 0.110. The SMILES string of the molecule is CN(CC1CCC(O)CC1)c1cccnc1. The highest BCUT2D eigenvalue weighted by molar-refractivity contribution is 5.42. The van der Waals surface area contributed by atoms with Gasteiger partial charge in [0.1, 0.15) is 0 Å². The Bertz CT molecular complexity index is 307. The van der Waals surface area contributed by atoms with Crippen LogP contribution in [0.4, 0.5) is 5.69 Å². The van der Waals surface area contributed by atoms with Crippen LogP contribution in [0.5, 0.6) is 0 Å². The van der Waals surface area contributed by atoms with Gasteiger partial charge in [-0.2, -0.15) is 0 Å². The predicted molar refractivity (Wildman–Crippen MR) is 65.5 cm³/mol. The van der Waals surface area contributed by atoms with Crippen LogP contribution in [0.25, 0.3) is 0 Å². The molecule has 1 aliphatic carbocycles. The minimum Gasteiger partial charge on any atom is -0.393 e. The van der Waals surface area contributed by atoms with E-state index in [0.717, 1.165) is 32.2 Å². The normalized spacial score (nSPS) is 25.4. The molecule has 1 aromatic heterocycles. The van der Waals surface area contributed by atoms with E-state index in [0.29, 0.717) is 5.92 Å². The van der Waals surface area contributed by atoms with E-state index in [4.69, 9.17) is 0 Å². The Morgan fingerprint density at radius 1 is 1.38 bits per heavy atom. The molecule has 88 valence electrons. The van der Waals surface area contributed by atoms with Gasteiger partial charge < -0.3 is 10.0 Å². The Morgan fingerprint density at radius 2 is 2.12 bits per heavy atom. The molecule has 0 aromatic carbocycles. The first-order valence-corrected chi connectivity index (χ1v) is 6.05. The quantitative estimate of drug-likeness (QED) is 0.847. The van der Waals surface area contributed by atoms with Gasteiger partial charge in [0, 0.05) is 19.8 Å². The molecule has 0 unspecified atom stereocenters. The molecule has 1 aliphatic rings. The lowest BCUT2D eigenvalue weighted by Crippen LogP contribution is -2.29. The Labute approximate surface area is 97.1 Å². The fourth-order valence-corrected chi connectivity index (χ4v) is 2.40.